The van der Waals surface area contributed by atoms with Crippen LogP contribution in [0.1, 0.15) is 69.3 Å². The van der Waals surface area contributed by atoms with Crippen LogP contribution in [-0.2, 0) is 9.59 Å². The zero-order valence-electron chi connectivity index (χ0n) is 13.9. The minimum Gasteiger partial charge on any atom is -0.374 e. The van der Waals surface area contributed by atoms with Gasteiger partial charge in [-0.15, -0.1) is 0 Å². The zero-order chi connectivity index (χ0) is 16.9. The van der Waals surface area contributed by atoms with Gasteiger partial charge in [-0.1, -0.05) is 38.2 Å². The zero-order valence-corrected chi connectivity index (χ0v) is 13.9. The highest BCUT2D eigenvalue weighted by molar-refractivity contribution is 6.01. The monoisotopic (exact) mass is 332 g/mol. The van der Waals surface area contributed by atoms with Crippen LogP contribution >= 0.6 is 0 Å². The third kappa shape index (κ3) is 4.13. The van der Waals surface area contributed by atoms with Gasteiger partial charge in [0.05, 0.1) is 0 Å². The van der Waals surface area contributed by atoms with E-state index < -0.39 is 6.04 Å². The summed E-state index contributed by atoms with van der Waals surface area (Å²) in [5, 5.41) is 5.35. The van der Waals surface area contributed by atoms with Crippen LogP contribution in [0, 0.1) is 5.82 Å². The van der Waals surface area contributed by atoms with Gasteiger partial charge in [-0.05, 0) is 42.9 Å². The molecule has 2 N–H and O–H groups in total. The largest absolute Gasteiger partial charge is 0.374 e. The fourth-order valence-electron chi connectivity index (χ4n) is 3.75. The molecule has 0 aromatic heterocycles. The molecule has 130 valence electrons. The molecule has 1 heterocycles. The van der Waals surface area contributed by atoms with Gasteiger partial charge < -0.3 is 5.32 Å². The van der Waals surface area contributed by atoms with E-state index in [-0.39, 0.29) is 17.6 Å². The van der Waals surface area contributed by atoms with Crippen molar-refractivity contribution in [1.82, 2.24) is 5.32 Å². The smallest absolute Gasteiger partial charge is 0.249 e. The van der Waals surface area contributed by atoms with Crippen LogP contribution in [0.4, 0.5) is 10.1 Å². The van der Waals surface area contributed by atoms with Crippen molar-refractivity contribution in [3.8, 4) is 0 Å². The Morgan fingerprint density at radius 3 is 2.38 bits per heavy atom. The summed E-state index contributed by atoms with van der Waals surface area (Å²) < 4.78 is 14.6. The lowest BCUT2D eigenvalue weighted by Crippen LogP contribution is -2.47. The van der Waals surface area contributed by atoms with Crippen LogP contribution < -0.4 is 10.6 Å². The average Bonchev–Trinajstić information content (AvgIpc) is 2.51. The fraction of sp³-hybridized carbons (Fsp3) is 0.579. The summed E-state index contributed by atoms with van der Waals surface area (Å²) in [6, 6.07) is 4.71. The van der Waals surface area contributed by atoms with Crippen molar-refractivity contribution in [2.24, 2.45) is 0 Å². The average molecular weight is 332 g/mol. The van der Waals surface area contributed by atoms with Crippen LogP contribution in [0.2, 0.25) is 0 Å². The van der Waals surface area contributed by atoms with Gasteiger partial charge in [0, 0.05) is 12.1 Å². The highest BCUT2D eigenvalue weighted by Crippen LogP contribution is 2.33. The first-order chi connectivity index (χ1) is 11.6. The van der Waals surface area contributed by atoms with Crippen LogP contribution in [-0.4, -0.2) is 17.9 Å². The maximum atomic E-state index is 14.6. The van der Waals surface area contributed by atoms with E-state index in [9.17, 15) is 14.0 Å². The highest BCUT2D eigenvalue weighted by atomic mass is 19.1. The number of hydrogen-bond donors (Lipinski definition) is 2. The van der Waals surface area contributed by atoms with E-state index in [0.717, 1.165) is 18.4 Å². The second-order valence-electron chi connectivity index (χ2n) is 6.93. The van der Waals surface area contributed by atoms with Gasteiger partial charge in [-0.2, -0.15) is 0 Å². The predicted molar refractivity (Wildman–Crippen MR) is 91.3 cm³/mol. The number of rotatable bonds is 3. The second kappa shape index (κ2) is 7.77. The van der Waals surface area contributed by atoms with E-state index in [1.807, 2.05) is 12.1 Å². The SMILES string of the molecule is O=C1CCC(Nc2ccc(C3CCCCCCC3)c(F)c2)C(=O)N1. The molecule has 2 fully saturated rings. The molecule has 1 aliphatic carbocycles. The number of carbonyl (C=O) groups excluding carboxylic acids is 2. The Kier molecular flexibility index (Phi) is 5.48. The number of anilines is 1. The van der Waals surface area contributed by atoms with Gasteiger partial charge in [-0.3, -0.25) is 14.9 Å². The van der Waals surface area contributed by atoms with E-state index in [4.69, 9.17) is 0 Å². The van der Waals surface area contributed by atoms with Gasteiger partial charge in [0.25, 0.3) is 0 Å². The van der Waals surface area contributed by atoms with E-state index in [1.165, 1.54) is 38.2 Å². The Morgan fingerprint density at radius 1 is 1.00 bits per heavy atom. The first kappa shape index (κ1) is 16.9. The molecule has 1 unspecified atom stereocenters. The van der Waals surface area contributed by atoms with Crippen LogP contribution in [0.5, 0.6) is 0 Å². The Bertz CT molecular complexity index is 609. The van der Waals surface area contributed by atoms with Crippen LogP contribution in [0.25, 0.3) is 0 Å². The second-order valence-corrected chi connectivity index (χ2v) is 6.93. The summed E-state index contributed by atoms with van der Waals surface area (Å²) in [5.74, 6) is -0.479. The lowest BCUT2D eigenvalue weighted by Gasteiger charge is -2.24. The van der Waals surface area contributed by atoms with E-state index in [1.54, 1.807) is 0 Å². The summed E-state index contributed by atoms with van der Waals surface area (Å²) >= 11 is 0. The number of nitrogens with one attached hydrogen (secondary N) is 2. The fourth-order valence-corrected chi connectivity index (χ4v) is 3.75. The standard InChI is InChI=1S/C19H25FN2O2/c20-16-12-14(21-17-10-11-18(23)22-19(17)24)8-9-15(16)13-6-4-2-1-3-5-7-13/h8-9,12-13,17,21H,1-7,10-11H2,(H,22,23,24). The predicted octanol–water partition coefficient (Wildman–Crippen LogP) is 3.87. The Balaban J connectivity index is 1.67. The minimum atomic E-state index is -0.477. The lowest BCUT2D eigenvalue weighted by atomic mass is 9.85. The summed E-state index contributed by atoms with van der Waals surface area (Å²) in [6.45, 7) is 0. The Labute approximate surface area is 142 Å². The molecule has 1 atom stereocenters. The number of carbonyl (C=O) groups is 2. The molecule has 0 radical (unpaired) electrons. The van der Waals surface area contributed by atoms with Gasteiger partial charge in [0.15, 0.2) is 0 Å². The molecule has 1 aromatic carbocycles. The van der Waals surface area contributed by atoms with Crippen LogP contribution in [0.3, 0.4) is 0 Å². The van der Waals surface area contributed by atoms with Crippen molar-refractivity contribution >= 4 is 17.5 Å². The molecule has 2 amide bonds. The molecular weight excluding hydrogens is 307 g/mol. The molecule has 24 heavy (non-hydrogen) atoms. The first-order valence-corrected chi connectivity index (χ1v) is 9.03. The molecule has 4 nitrogen and oxygen atoms in total. The normalized spacial score (nSPS) is 23.3. The number of amides is 2. The van der Waals surface area contributed by atoms with Crippen molar-refractivity contribution in [2.45, 2.75) is 69.7 Å². The number of halogens is 1. The van der Waals surface area contributed by atoms with Crippen molar-refractivity contribution < 1.29 is 14.0 Å². The maximum absolute atomic E-state index is 14.6. The number of hydrogen-bond acceptors (Lipinski definition) is 3. The minimum absolute atomic E-state index is 0.196. The molecule has 5 heteroatoms. The topological polar surface area (TPSA) is 58.2 Å². The molecule has 1 saturated heterocycles. The van der Waals surface area contributed by atoms with Gasteiger partial charge in [0.2, 0.25) is 11.8 Å². The molecule has 1 aromatic rings. The highest BCUT2D eigenvalue weighted by Gasteiger charge is 2.26. The molecule has 0 spiro atoms. The summed E-state index contributed by atoms with van der Waals surface area (Å²) in [4.78, 5) is 23.0. The molecule has 3 rings (SSSR count). The lowest BCUT2D eigenvalue weighted by molar-refractivity contribution is -0.133. The third-order valence-corrected chi connectivity index (χ3v) is 5.13. The molecule has 1 saturated carbocycles. The van der Waals surface area contributed by atoms with E-state index >= 15 is 0 Å². The maximum Gasteiger partial charge on any atom is 0.249 e. The van der Waals surface area contributed by atoms with Crippen LogP contribution in [0.15, 0.2) is 18.2 Å². The first-order valence-electron chi connectivity index (χ1n) is 9.03. The van der Waals surface area contributed by atoms with E-state index in [0.29, 0.717) is 24.4 Å². The Hall–Kier alpha value is -1.91. The molecule has 0 bridgehead atoms. The quantitative estimate of drug-likeness (QED) is 0.826. The Morgan fingerprint density at radius 2 is 1.71 bits per heavy atom. The number of piperidine rings is 1. The van der Waals surface area contributed by atoms with E-state index in [2.05, 4.69) is 10.6 Å². The summed E-state index contributed by atoms with van der Waals surface area (Å²) in [6.07, 6.45) is 8.97. The summed E-state index contributed by atoms with van der Waals surface area (Å²) in [7, 11) is 0. The number of imide groups is 1. The summed E-state index contributed by atoms with van der Waals surface area (Å²) in [5.41, 5.74) is 1.39. The number of benzene rings is 1. The van der Waals surface area contributed by atoms with Crippen molar-refractivity contribution in [3.05, 3.63) is 29.6 Å². The van der Waals surface area contributed by atoms with Gasteiger partial charge in [0.1, 0.15) is 11.9 Å². The molecule has 2 aliphatic rings. The van der Waals surface area contributed by atoms with Crippen molar-refractivity contribution in [3.63, 3.8) is 0 Å². The van der Waals surface area contributed by atoms with Gasteiger partial charge >= 0.3 is 0 Å². The van der Waals surface area contributed by atoms with Gasteiger partial charge in [-0.25, -0.2) is 4.39 Å². The van der Waals surface area contributed by atoms with Crippen molar-refractivity contribution in [1.29, 1.82) is 0 Å². The van der Waals surface area contributed by atoms with Crippen molar-refractivity contribution in [2.75, 3.05) is 5.32 Å². The molecular formula is C19H25FN2O2. The molecule has 1 aliphatic heterocycles. The third-order valence-electron chi connectivity index (χ3n) is 5.13.